The fourth-order valence-electron chi connectivity index (χ4n) is 1.43. The number of ether oxygens (including phenoxy) is 4. The van der Waals surface area contributed by atoms with Crippen molar-refractivity contribution in [3.63, 3.8) is 0 Å². The van der Waals surface area contributed by atoms with Crippen LogP contribution in [0.3, 0.4) is 0 Å². The molecule has 24 heavy (non-hydrogen) atoms. The molecule has 0 aromatic rings. The first-order chi connectivity index (χ1) is 11.4. The van der Waals surface area contributed by atoms with Gasteiger partial charge in [0, 0.05) is 18.6 Å². The Labute approximate surface area is 141 Å². The monoisotopic (exact) mass is 344 g/mol. The zero-order chi connectivity index (χ0) is 18.4. The van der Waals surface area contributed by atoms with Gasteiger partial charge in [-0.25, -0.2) is 9.59 Å². The predicted octanol–water partition coefficient (Wildman–Crippen LogP) is 0.393. The van der Waals surface area contributed by atoms with Crippen molar-refractivity contribution in [3.05, 3.63) is 25.3 Å². The van der Waals surface area contributed by atoms with Crippen molar-refractivity contribution >= 4 is 17.9 Å². The summed E-state index contributed by atoms with van der Waals surface area (Å²) in [5.41, 5.74) is -1.12. The lowest BCUT2D eigenvalue weighted by molar-refractivity contribution is -0.159. The van der Waals surface area contributed by atoms with E-state index >= 15 is 0 Å². The summed E-state index contributed by atoms with van der Waals surface area (Å²) in [4.78, 5) is 33.4. The van der Waals surface area contributed by atoms with Crippen LogP contribution in [0.4, 0.5) is 0 Å². The van der Waals surface area contributed by atoms with Crippen molar-refractivity contribution in [2.75, 3.05) is 39.6 Å². The van der Waals surface area contributed by atoms with Crippen LogP contribution < -0.4 is 0 Å². The molecule has 0 aliphatic heterocycles. The summed E-state index contributed by atoms with van der Waals surface area (Å²) >= 11 is 0. The number of hydrogen-bond donors (Lipinski definition) is 1. The van der Waals surface area contributed by atoms with Crippen LogP contribution in [0, 0.1) is 5.41 Å². The smallest absolute Gasteiger partial charge is 0.330 e. The highest BCUT2D eigenvalue weighted by Gasteiger charge is 2.33. The standard InChI is InChI=1S/C16H24O8/c1-4-13(18)22-8-7-21-10-16(9-17,11-23-14(19)5-2)12-24-15(20)6-3/h4-5,17H,1-2,6-12H2,3H3. The molecular weight excluding hydrogens is 320 g/mol. The summed E-state index contributed by atoms with van der Waals surface area (Å²) in [6, 6.07) is 0. The van der Waals surface area contributed by atoms with Crippen LogP contribution in [0.1, 0.15) is 13.3 Å². The van der Waals surface area contributed by atoms with E-state index in [1.807, 2.05) is 0 Å². The van der Waals surface area contributed by atoms with E-state index in [-0.39, 0.29) is 39.5 Å². The Balaban J connectivity index is 4.59. The summed E-state index contributed by atoms with van der Waals surface area (Å²) in [5.74, 6) is -1.71. The van der Waals surface area contributed by atoms with Crippen molar-refractivity contribution in [1.82, 2.24) is 0 Å². The van der Waals surface area contributed by atoms with Gasteiger partial charge in [0.15, 0.2) is 0 Å². The Morgan fingerprint density at radius 2 is 1.54 bits per heavy atom. The molecule has 0 saturated carbocycles. The van der Waals surface area contributed by atoms with Gasteiger partial charge < -0.3 is 24.1 Å². The van der Waals surface area contributed by atoms with Crippen molar-refractivity contribution in [2.24, 2.45) is 5.41 Å². The molecule has 136 valence electrons. The molecule has 0 spiro atoms. The SMILES string of the molecule is C=CC(=O)OCCOCC(CO)(COC(=O)C=C)COC(=O)CC. The number of aliphatic hydroxyl groups is 1. The van der Waals surface area contributed by atoms with Crippen molar-refractivity contribution in [2.45, 2.75) is 13.3 Å². The van der Waals surface area contributed by atoms with Crippen LogP contribution in [-0.4, -0.2) is 62.7 Å². The third-order valence-corrected chi connectivity index (χ3v) is 2.90. The highest BCUT2D eigenvalue weighted by Crippen LogP contribution is 2.19. The molecule has 0 heterocycles. The zero-order valence-electron chi connectivity index (χ0n) is 13.8. The molecule has 0 saturated heterocycles. The maximum Gasteiger partial charge on any atom is 0.330 e. The van der Waals surface area contributed by atoms with Crippen molar-refractivity contribution in [1.29, 1.82) is 0 Å². The van der Waals surface area contributed by atoms with E-state index in [4.69, 9.17) is 18.9 Å². The van der Waals surface area contributed by atoms with Crippen LogP contribution in [-0.2, 0) is 33.3 Å². The Bertz CT molecular complexity index is 445. The summed E-state index contributed by atoms with van der Waals surface area (Å²) in [5, 5.41) is 9.64. The maximum atomic E-state index is 11.3. The molecule has 0 radical (unpaired) electrons. The number of aliphatic hydroxyl groups excluding tert-OH is 1. The highest BCUT2D eigenvalue weighted by atomic mass is 16.6. The minimum Gasteiger partial charge on any atom is -0.465 e. The third kappa shape index (κ3) is 9.06. The number of esters is 3. The van der Waals surface area contributed by atoms with Gasteiger partial charge in [0.05, 0.1) is 25.2 Å². The summed E-state index contributed by atoms with van der Waals surface area (Å²) in [6.07, 6.45) is 2.18. The molecule has 1 atom stereocenters. The predicted molar refractivity (Wildman–Crippen MR) is 83.9 cm³/mol. The van der Waals surface area contributed by atoms with E-state index in [2.05, 4.69) is 13.2 Å². The Kier molecular flexibility index (Phi) is 11.1. The first-order valence-electron chi connectivity index (χ1n) is 7.35. The molecule has 1 N–H and O–H groups in total. The molecule has 0 fully saturated rings. The topological polar surface area (TPSA) is 108 Å². The molecule has 0 aromatic heterocycles. The number of rotatable bonds is 13. The van der Waals surface area contributed by atoms with Gasteiger partial charge in [-0.3, -0.25) is 4.79 Å². The lowest BCUT2D eigenvalue weighted by Crippen LogP contribution is -2.42. The quantitative estimate of drug-likeness (QED) is 0.221. The summed E-state index contributed by atoms with van der Waals surface area (Å²) < 4.78 is 20.0. The molecule has 0 aliphatic carbocycles. The van der Waals surface area contributed by atoms with Gasteiger partial charge in [-0.15, -0.1) is 0 Å². The molecule has 8 heteroatoms. The minimum absolute atomic E-state index is 0.00639. The van der Waals surface area contributed by atoms with Crippen LogP contribution >= 0.6 is 0 Å². The second-order valence-corrected chi connectivity index (χ2v) is 4.91. The van der Waals surface area contributed by atoms with E-state index in [1.54, 1.807) is 6.92 Å². The molecule has 0 rings (SSSR count). The third-order valence-electron chi connectivity index (χ3n) is 2.90. The fraction of sp³-hybridized carbons (Fsp3) is 0.562. The fourth-order valence-corrected chi connectivity index (χ4v) is 1.43. The minimum atomic E-state index is -1.12. The van der Waals surface area contributed by atoms with Crippen molar-refractivity contribution in [3.8, 4) is 0 Å². The first kappa shape index (κ1) is 21.8. The second-order valence-electron chi connectivity index (χ2n) is 4.91. The van der Waals surface area contributed by atoms with Gasteiger partial charge in [0.25, 0.3) is 0 Å². The van der Waals surface area contributed by atoms with Crippen LogP contribution in [0.25, 0.3) is 0 Å². The average molecular weight is 344 g/mol. The maximum absolute atomic E-state index is 11.3. The number of carbonyl (C=O) groups is 3. The largest absolute Gasteiger partial charge is 0.465 e. The Morgan fingerprint density at radius 1 is 0.958 bits per heavy atom. The molecule has 0 amide bonds. The van der Waals surface area contributed by atoms with E-state index < -0.39 is 29.9 Å². The van der Waals surface area contributed by atoms with Gasteiger partial charge in [-0.05, 0) is 0 Å². The Morgan fingerprint density at radius 3 is 2.08 bits per heavy atom. The summed E-state index contributed by atoms with van der Waals surface area (Å²) in [7, 11) is 0. The van der Waals surface area contributed by atoms with Gasteiger partial charge in [-0.2, -0.15) is 0 Å². The lowest BCUT2D eigenvalue weighted by Gasteiger charge is -2.30. The molecule has 1 unspecified atom stereocenters. The molecule has 0 aliphatic rings. The second kappa shape index (κ2) is 12.3. The first-order valence-corrected chi connectivity index (χ1v) is 7.35. The highest BCUT2D eigenvalue weighted by molar-refractivity contribution is 5.81. The number of carbonyl (C=O) groups excluding carboxylic acids is 3. The molecule has 8 nitrogen and oxygen atoms in total. The van der Waals surface area contributed by atoms with E-state index in [0.29, 0.717) is 0 Å². The van der Waals surface area contributed by atoms with E-state index in [1.165, 1.54) is 0 Å². The normalized spacial score (nSPS) is 12.6. The van der Waals surface area contributed by atoms with Gasteiger partial charge in [0.2, 0.25) is 0 Å². The molecule has 0 aromatic carbocycles. The van der Waals surface area contributed by atoms with E-state index in [9.17, 15) is 19.5 Å². The van der Waals surface area contributed by atoms with Gasteiger partial charge in [0.1, 0.15) is 19.8 Å². The van der Waals surface area contributed by atoms with Crippen LogP contribution in [0.2, 0.25) is 0 Å². The van der Waals surface area contributed by atoms with E-state index in [0.717, 1.165) is 12.2 Å². The molecule has 0 bridgehead atoms. The number of hydrogen-bond acceptors (Lipinski definition) is 8. The van der Waals surface area contributed by atoms with Crippen molar-refractivity contribution < 1.29 is 38.4 Å². The van der Waals surface area contributed by atoms with Gasteiger partial charge in [-0.1, -0.05) is 20.1 Å². The van der Waals surface area contributed by atoms with Crippen LogP contribution in [0.5, 0.6) is 0 Å². The van der Waals surface area contributed by atoms with Gasteiger partial charge >= 0.3 is 17.9 Å². The molecular formula is C16H24O8. The Hall–Kier alpha value is -2.19. The summed E-state index contributed by atoms with van der Waals surface area (Å²) in [6.45, 7) is 7.28. The lowest BCUT2D eigenvalue weighted by atomic mass is 9.92. The zero-order valence-corrected chi connectivity index (χ0v) is 13.8. The van der Waals surface area contributed by atoms with Crippen LogP contribution in [0.15, 0.2) is 25.3 Å². The average Bonchev–Trinajstić information content (AvgIpc) is 2.62.